The van der Waals surface area contributed by atoms with Gasteiger partial charge in [0.05, 0.1) is 5.69 Å². The summed E-state index contributed by atoms with van der Waals surface area (Å²) in [7, 11) is 0. The first-order chi connectivity index (χ1) is 7.09. The fraction of sp³-hybridized carbons (Fsp3) is 0.100. The lowest BCUT2D eigenvalue weighted by atomic mass is 10.1. The molecule has 78 valence electrons. The van der Waals surface area contributed by atoms with E-state index in [1.54, 1.807) is 5.38 Å². The van der Waals surface area contributed by atoms with Crippen molar-refractivity contribution >= 4 is 16.5 Å². The van der Waals surface area contributed by atoms with Crippen LogP contribution in [0.1, 0.15) is 5.56 Å². The summed E-state index contributed by atoms with van der Waals surface area (Å²) in [4.78, 5) is 3.90. The normalized spacial score (nSPS) is 10.6. The third-order valence-corrected chi connectivity index (χ3v) is 2.75. The van der Waals surface area contributed by atoms with Crippen LogP contribution in [-0.4, -0.2) is 4.98 Å². The largest absolute Gasteiger partial charge is 0.375 e. The van der Waals surface area contributed by atoms with Crippen LogP contribution in [0.3, 0.4) is 0 Å². The highest BCUT2D eigenvalue weighted by Gasteiger charge is 2.14. The van der Waals surface area contributed by atoms with Crippen LogP contribution >= 0.6 is 11.3 Å². The molecule has 15 heavy (non-hydrogen) atoms. The van der Waals surface area contributed by atoms with Crippen LogP contribution in [0.15, 0.2) is 17.5 Å². The standard InChI is InChI=1S/C10H8F2N2S/c1-5-2-3-6(9(12)8(5)11)7-4-15-10(13)14-7/h2-4H,1H3,(H2,13,14). The molecule has 0 aliphatic carbocycles. The van der Waals surface area contributed by atoms with Gasteiger partial charge in [0.15, 0.2) is 16.8 Å². The van der Waals surface area contributed by atoms with Crippen LogP contribution in [0, 0.1) is 18.6 Å². The Bertz CT molecular complexity index is 508. The van der Waals surface area contributed by atoms with E-state index in [0.29, 0.717) is 10.8 Å². The number of thiazole rings is 1. The fourth-order valence-corrected chi connectivity index (χ4v) is 1.82. The topological polar surface area (TPSA) is 38.9 Å². The van der Waals surface area contributed by atoms with Gasteiger partial charge < -0.3 is 5.73 Å². The summed E-state index contributed by atoms with van der Waals surface area (Å²) >= 11 is 1.20. The molecule has 2 nitrogen and oxygen atoms in total. The molecule has 1 heterocycles. The number of benzene rings is 1. The lowest BCUT2D eigenvalue weighted by Crippen LogP contribution is -1.93. The number of aryl methyl sites for hydroxylation is 1. The molecule has 0 unspecified atom stereocenters. The van der Waals surface area contributed by atoms with Crippen LogP contribution < -0.4 is 5.73 Å². The van der Waals surface area contributed by atoms with E-state index in [1.807, 2.05) is 0 Å². The van der Waals surface area contributed by atoms with Gasteiger partial charge in [-0.2, -0.15) is 0 Å². The number of rotatable bonds is 1. The Morgan fingerprint density at radius 3 is 2.60 bits per heavy atom. The lowest BCUT2D eigenvalue weighted by molar-refractivity contribution is 0.505. The van der Waals surface area contributed by atoms with Crippen molar-refractivity contribution in [2.45, 2.75) is 6.92 Å². The Balaban J connectivity index is 2.59. The smallest absolute Gasteiger partial charge is 0.180 e. The third kappa shape index (κ3) is 1.70. The second-order valence-electron chi connectivity index (χ2n) is 3.13. The molecule has 0 atom stereocenters. The number of aromatic nitrogens is 1. The zero-order valence-corrected chi connectivity index (χ0v) is 8.74. The molecule has 0 bridgehead atoms. The summed E-state index contributed by atoms with van der Waals surface area (Å²) in [6.07, 6.45) is 0. The number of anilines is 1. The Kier molecular flexibility index (Phi) is 2.40. The Hall–Kier alpha value is -1.49. The third-order valence-electron chi connectivity index (χ3n) is 2.07. The minimum Gasteiger partial charge on any atom is -0.375 e. The molecule has 2 rings (SSSR count). The summed E-state index contributed by atoms with van der Waals surface area (Å²) in [6, 6.07) is 3.02. The summed E-state index contributed by atoms with van der Waals surface area (Å²) in [5.41, 5.74) is 6.22. The van der Waals surface area contributed by atoms with Crippen molar-refractivity contribution in [2.75, 3.05) is 5.73 Å². The number of hydrogen-bond donors (Lipinski definition) is 1. The highest BCUT2D eigenvalue weighted by molar-refractivity contribution is 7.13. The molecular formula is C10H8F2N2S. The van der Waals surface area contributed by atoms with Gasteiger partial charge >= 0.3 is 0 Å². The van der Waals surface area contributed by atoms with E-state index in [2.05, 4.69) is 4.98 Å². The van der Waals surface area contributed by atoms with E-state index in [9.17, 15) is 8.78 Å². The molecule has 0 fully saturated rings. The van der Waals surface area contributed by atoms with Gasteiger partial charge in [-0.1, -0.05) is 6.07 Å². The van der Waals surface area contributed by atoms with E-state index in [0.717, 1.165) is 0 Å². The average molecular weight is 226 g/mol. The zero-order chi connectivity index (χ0) is 11.0. The Morgan fingerprint density at radius 1 is 1.27 bits per heavy atom. The van der Waals surface area contributed by atoms with E-state index >= 15 is 0 Å². The van der Waals surface area contributed by atoms with Crippen molar-refractivity contribution in [2.24, 2.45) is 0 Å². The number of nitrogens with two attached hydrogens (primary N) is 1. The van der Waals surface area contributed by atoms with Gasteiger partial charge in [-0.25, -0.2) is 13.8 Å². The monoisotopic (exact) mass is 226 g/mol. The molecule has 1 aromatic carbocycles. The number of hydrogen-bond acceptors (Lipinski definition) is 3. The maximum absolute atomic E-state index is 13.5. The van der Waals surface area contributed by atoms with E-state index < -0.39 is 11.6 Å². The zero-order valence-electron chi connectivity index (χ0n) is 7.92. The molecule has 5 heteroatoms. The maximum atomic E-state index is 13.5. The van der Waals surface area contributed by atoms with Crippen molar-refractivity contribution < 1.29 is 8.78 Å². The molecule has 0 radical (unpaired) electrons. The van der Waals surface area contributed by atoms with Gasteiger partial charge in [-0.15, -0.1) is 11.3 Å². The van der Waals surface area contributed by atoms with Gasteiger partial charge in [0.2, 0.25) is 0 Å². The molecule has 2 N–H and O–H groups in total. The van der Waals surface area contributed by atoms with Crippen molar-refractivity contribution in [3.63, 3.8) is 0 Å². The van der Waals surface area contributed by atoms with E-state index in [-0.39, 0.29) is 11.1 Å². The highest BCUT2D eigenvalue weighted by Crippen LogP contribution is 2.27. The van der Waals surface area contributed by atoms with Gasteiger partial charge in [0, 0.05) is 10.9 Å². The van der Waals surface area contributed by atoms with Gasteiger partial charge in [0.25, 0.3) is 0 Å². The van der Waals surface area contributed by atoms with Crippen molar-refractivity contribution in [3.05, 3.63) is 34.7 Å². The molecule has 0 saturated heterocycles. The molecule has 0 aliphatic heterocycles. The molecule has 0 spiro atoms. The molecular weight excluding hydrogens is 218 g/mol. The fourth-order valence-electron chi connectivity index (χ4n) is 1.26. The Labute approximate surface area is 89.4 Å². The van der Waals surface area contributed by atoms with E-state index in [1.165, 1.54) is 30.4 Å². The molecule has 2 aromatic rings. The van der Waals surface area contributed by atoms with Crippen LogP contribution in [-0.2, 0) is 0 Å². The summed E-state index contributed by atoms with van der Waals surface area (Å²) in [5, 5.41) is 1.94. The molecule has 1 aromatic heterocycles. The summed E-state index contributed by atoms with van der Waals surface area (Å²) < 4.78 is 26.8. The minimum atomic E-state index is -0.875. The Morgan fingerprint density at radius 2 is 2.00 bits per heavy atom. The molecule has 0 amide bonds. The number of halogens is 2. The summed E-state index contributed by atoms with van der Waals surface area (Å²) in [6.45, 7) is 1.51. The SMILES string of the molecule is Cc1ccc(-c2csc(N)n2)c(F)c1F. The van der Waals surface area contributed by atoms with Gasteiger partial charge in [0.1, 0.15) is 0 Å². The first-order valence-corrected chi connectivity index (χ1v) is 5.13. The van der Waals surface area contributed by atoms with Crippen LogP contribution in [0.5, 0.6) is 0 Å². The van der Waals surface area contributed by atoms with E-state index in [4.69, 9.17) is 5.73 Å². The minimum absolute atomic E-state index is 0.144. The average Bonchev–Trinajstić information content (AvgIpc) is 2.61. The quantitative estimate of drug-likeness (QED) is 0.811. The van der Waals surface area contributed by atoms with Crippen LogP contribution in [0.4, 0.5) is 13.9 Å². The van der Waals surface area contributed by atoms with Crippen molar-refractivity contribution in [3.8, 4) is 11.3 Å². The predicted octanol–water partition coefficient (Wildman–Crippen LogP) is 2.98. The molecule has 0 aliphatic rings. The van der Waals surface area contributed by atoms with Crippen molar-refractivity contribution in [1.82, 2.24) is 4.98 Å². The second kappa shape index (κ2) is 3.58. The second-order valence-corrected chi connectivity index (χ2v) is 4.02. The van der Waals surface area contributed by atoms with Crippen molar-refractivity contribution in [1.29, 1.82) is 0 Å². The maximum Gasteiger partial charge on any atom is 0.180 e. The first kappa shape index (κ1) is 10.0. The first-order valence-electron chi connectivity index (χ1n) is 4.25. The van der Waals surface area contributed by atoms with Crippen LogP contribution in [0.25, 0.3) is 11.3 Å². The summed E-state index contributed by atoms with van der Waals surface area (Å²) in [5.74, 6) is -1.71. The van der Waals surface area contributed by atoms with Gasteiger partial charge in [-0.3, -0.25) is 0 Å². The lowest BCUT2D eigenvalue weighted by Gasteiger charge is -2.02. The number of nitrogens with zero attached hydrogens (tertiary/aromatic N) is 1. The van der Waals surface area contributed by atoms with Crippen LogP contribution in [0.2, 0.25) is 0 Å². The number of nitrogen functional groups attached to an aromatic ring is 1. The highest BCUT2D eigenvalue weighted by atomic mass is 32.1. The molecule has 0 saturated carbocycles. The predicted molar refractivity (Wildman–Crippen MR) is 56.6 cm³/mol. The van der Waals surface area contributed by atoms with Gasteiger partial charge in [-0.05, 0) is 18.6 Å².